The number of benzene rings is 1. The van der Waals surface area contributed by atoms with Crippen LogP contribution in [0, 0.1) is 0 Å². The number of imidazole rings is 1. The Labute approximate surface area is 163 Å². The summed E-state index contributed by atoms with van der Waals surface area (Å²) >= 11 is 5.95. The summed E-state index contributed by atoms with van der Waals surface area (Å²) in [5.41, 5.74) is 1.13. The first kappa shape index (κ1) is 20.7. The van der Waals surface area contributed by atoms with Crippen LogP contribution in [0.25, 0.3) is 6.08 Å². The van der Waals surface area contributed by atoms with Crippen molar-refractivity contribution < 1.29 is 4.74 Å². The average molecular weight is 375 g/mol. The van der Waals surface area contributed by atoms with Gasteiger partial charge in [0.2, 0.25) is 0 Å². The molecule has 1 unspecified atom stereocenters. The molecule has 0 radical (unpaired) electrons. The van der Waals surface area contributed by atoms with E-state index in [1.165, 1.54) is 38.5 Å². The zero-order valence-corrected chi connectivity index (χ0v) is 16.6. The van der Waals surface area contributed by atoms with Gasteiger partial charge in [0.05, 0.1) is 19.0 Å². The van der Waals surface area contributed by atoms with Gasteiger partial charge in [-0.2, -0.15) is 0 Å². The maximum absolute atomic E-state index is 6.13. The van der Waals surface area contributed by atoms with Crippen LogP contribution in [0.5, 0.6) is 0 Å². The van der Waals surface area contributed by atoms with Crippen molar-refractivity contribution in [3.05, 3.63) is 59.6 Å². The maximum Gasteiger partial charge on any atom is 0.0946 e. The fourth-order valence-corrected chi connectivity index (χ4v) is 2.98. The predicted octanol–water partition coefficient (Wildman–Crippen LogP) is 6.39. The number of nitrogens with zero attached hydrogens (tertiary/aromatic N) is 2. The Kier molecular flexibility index (Phi) is 10.1. The molecule has 142 valence electrons. The number of aromatic nitrogens is 2. The standard InChI is InChI=1S/C22H31ClN2O/c1-2-3-4-5-6-7-8-17-26-22(18-25-16-15-24-19-25)14-11-20-9-12-21(23)13-10-20/h9-16,19,22H,2-8,17-18H2,1H3. The van der Waals surface area contributed by atoms with E-state index in [0.29, 0.717) is 0 Å². The lowest BCUT2D eigenvalue weighted by Gasteiger charge is -2.15. The van der Waals surface area contributed by atoms with E-state index in [0.717, 1.165) is 30.2 Å². The van der Waals surface area contributed by atoms with Crippen molar-refractivity contribution in [2.24, 2.45) is 0 Å². The van der Waals surface area contributed by atoms with Gasteiger partial charge >= 0.3 is 0 Å². The largest absolute Gasteiger partial charge is 0.372 e. The molecular formula is C22H31ClN2O. The van der Waals surface area contributed by atoms with Crippen molar-refractivity contribution in [1.29, 1.82) is 0 Å². The lowest BCUT2D eigenvalue weighted by molar-refractivity contribution is 0.0710. The van der Waals surface area contributed by atoms with Gasteiger partial charge in [0.1, 0.15) is 0 Å². The summed E-state index contributed by atoms with van der Waals surface area (Å²) in [4.78, 5) is 4.12. The maximum atomic E-state index is 6.13. The third-order valence-corrected chi connectivity index (χ3v) is 4.66. The van der Waals surface area contributed by atoms with Crippen LogP contribution < -0.4 is 0 Å². The summed E-state index contributed by atoms with van der Waals surface area (Å²) in [7, 11) is 0. The Morgan fingerprint density at radius 1 is 1.08 bits per heavy atom. The average Bonchev–Trinajstić information content (AvgIpc) is 3.16. The summed E-state index contributed by atoms with van der Waals surface area (Å²) in [6.07, 6.45) is 19.0. The minimum Gasteiger partial charge on any atom is -0.372 e. The van der Waals surface area contributed by atoms with E-state index >= 15 is 0 Å². The minimum absolute atomic E-state index is 0.0416. The van der Waals surface area contributed by atoms with Gasteiger partial charge in [0.25, 0.3) is 0 Å². The van der Waals surface area contributed by atoms with Crippen molar-refractivity contribution >= 4 is 17.7 Å². The highest BCUT2D eigenvalue weighted by molar-refractivity contribution is 6.30. The zero-order chi connectivity index (χ0) is 18.5. The zero-order valence-electron chi connectivity index (χ0n) is 15.8. The van der Waals surface area contributed by atoms with Crippen LogP contribution in [0.1, 0.15) is 57.4 Å². The molecule has 4 heteroatoms. The van der Waals surface area contributed by atoms with Crippen molar-refractivity contribution in [2.45, 2.75) is 64.5 Å². The minimum atomic E-state index is 0.0416. The summed E-state index contributed by atoms with van der Waals surface area (Å²) < 4.78 is 8.18. The number of hydrogen-bond acceptors (Lipinski definition) is 2. The summed E-state index contributed by atoms with van der Waals surface area (Å²) in [6, 6.07) is 7.85. The highest BCUT2D eigenvalue weighted by Gasteiger charge is 2.06. The van der Waals surface area contributed by atoms with Crippen LogP contribution in [-0.4, -0.2) is 22.3 Å². The lowest BCUT2D eigenvalue weighted by atomic mass is 10.1. The topological polar surface area (TPSA) is 27.1 Å². The molecule has 3 nitrogen and oxygen atoms in total. The van der Waals surface area contributed by atoms with E-state index in [2.05, 4.69) is 28.6 Å². The van der Waals surface area contributed by atoms with Gasteiger partial charge in [-0.15, -0.1) is 0 Å². The Hall–Kier alpha value is -1.58. The van der Waals surface area contributed by atoms with Crippen LogP contribution in [0.2, 0.25) is 5.02 Å². The second-order valence-corrected chi connectivity index (χ2v) is 7.14. The molecule has 1 aromatic carbocycles. The smallest absolute Gasteiger partial charge is 0.0946 e. The number of hydrogen-bond donors (Lipinski definition) is 0. The summed E-state index contributed by atoms with van der Waals surface area (Å²) in [5.74, 6) is 0. The van der Waals surface area contributed by atoms with E-state index in [1.807, 2.05) is 36.8 Å². The van der Waals surface area contributed by atoms with Crippen LogP contribution in [0.3, 0.4) is 0 Å². The molecule has 0 amide bonds. The monoisotopic (exact) mass is 374 g/mol. The molecule has 0 saturated carbocycles. The molecule has 0 aliphatic heterocycles. The van der Waals surface area contributed by atoms with Crippen molar-refractivity contribution in [3.63, 3.8) is 0 Å². The first-order valence-electron chi connectivity index (χ1n) is 9.79. The number of ether oxygens (including phenoxy) is 1. The second kappa shape index (κ2) is 12.7. The molecule has 0 aliphatic carbocycles. The van der Waals surface area contributed by atoms with Gasteiger partial charge in [0.15, 0.2) is 0 Å². The molecule has 1 aromatic heterocycles. The molecule has 0 spiro atoms. The van der Waals surface area contributed by atoms with Gasteiger partial charge in [-0.25, -0.2) is 4.98 Å². The Morgan fingerprint density at radius 2 is 1.81 bits per heavy atom. The van der Waals surface area contributed by atoms with Crippen molar-refractivity contribution in [1.82, 2.24) is 9.55 Å². The van der Waals surface area contributed by atoms with Crippen LogP contribution in [0.4, 0.5) is 0 Å². The molecular weight excluding hydrogens is 344 g/mol. The van der Waals surface area contributed by atoms with Crippen LogP contribution in [0.15, 0.2) is 49.1 Å². The van der Waals surface area contributed by atoms with Gasteiger partial charge < -0.3 is 9.30 Å². The van der Waals surface area contributed by atoms with E-state index in [-0.39, 0.29) is 6.10 Å². The number of rotatable bonds is 13. The van der Waals surface area contributed by atoms with Crippen molar-refractivity contribution in [3.8, 4) is 0 Å². The Balaban J connectivity index is 1.77. The molecule has 0 N–H and O–H groups in total. The highest BCUT2D eigenvalue weighted by atomic mass is 35.5. The first-order chi connectivity index (χ1) is 12.8. The lowest BCUT2D eigenvalue weighted by Crippen LogP contribution is -2.17. The summed E-state index contributed by atoms with van der Waals surface area (Å²) in [5, 5.41) is 0.757. The Bertz CT molecular complexity index is 608. The fraction of sp³-hybridized carbons (Fsp3) is 0.500. The SMILES string of the molecule is CCCCCCCCCOC(C=Cc1ccc(Cl)cc1)Cn1ccnc1. The molecule has 1 atom stereocenters. The molecule has 0 aliphatic rings. The number of halogens is 1. The van der Waals surface area contributed by atoms with E-state index in [1.54, 1.807) is 6.20 Å². The second-order valence-electron chi connectivity index (χ2n) is 6.70. The predicted molar refractivity (Wildman–Crippen MR) is 110 cm³/mol. The molecule has 0 saturated heterocycles. The molecule has 1 heterocycles. The quantitative estimate of drug-likeness (QED) is 0.380. The Morgan fingerprint density at radius 3 is 2.50 bits per heavy atom. The molecule has 2 aromatic rings. The molecule has 26 heavy (non-hydrogen) atoms. The first-order valence-corrected chi connectivity index (χ1v) is 10.2. The third kappa shape index (κ3) is 8.68. The van der Waals surface area contributed by atoms with E-state index in [4.69, 9.17) is 16.3 Å². The normalized spacial score (nSPS) is 12.7. The number of unbranched alkanes of at least 4 members (excludes halogenated alkanes) is 6. The summed E-state index contributed by atoms with van der Waals surface area (Å²) in [6.45, 7) is 3.84. The fourth-order valence-electron chi connectivity index (χ4n) is 2.86. The van der Waals surface area contributed by atoms with Gasteiger partial charge in [0, 0.05) is 24.0 Å². The van der Waals surface area contributed by atoms with Gasteiger partial charge in [-0.3, -0.25) is 0 Å². The third-order valence-electron chi connectivity index (χ3n) is 4.40. The highest BCUT2D eigenvalue weighted by Crippen LogP contribution is 2.13. The van der Waals surface area contributed by atoms with Gasteiger partial charge in [-0.1, -0.05) is 81.3 Å². The van der Waals surface area contributed by atoms with E-state index in [9.17, 15) is 0 Å². The molecule has 0 fully saturated rings. The van der Waals surface area contributed by atoms with Crippen LogP contribution in [-0.2, 0) is 11.3 Å². The molecule has 2 rings (SSSR count). The molecule has 0 bridgehead atoms. The van der Waals surface area contributed by atoms with E-state index < -0.39 is 0 Å². The van der Waals surface area contributed by atoms with Crippen molar-refractivity contribution in [2.75, 3.05) is 6.61 Å². The van der Waals surface area contributed by atoms with Crippen LogP contribution >= 0.6 is 11.6 Å². The van der Waals surface area contributed by atoms with Gasteiger partial charge in [-0.05, 0) is 24.1 Å².